The van der Waals surface area contributed by atoms with E-state index in [4.69, 9.17) is 4.52 Å². The van der Waals surface area contributed by atoms with Crippen molar-refractivity contribution in [2.45, 2.75) is 26.2 Å². The molecule has 2 amide bonds. The van der Waals surface area contributed by atoms with E-state index in [0.29, 0.717) is 44.1 Å². The van der Waals surface area contributed by atoms with Gasteiger partial charge in [0.15, 0.2) is 5.69 Å². The highest BCUT2D eigenvalue weighted by molar-refractivity contribution is 7.09. The number of hydrogen-bond acceptors (Lipinski definition) is 5. The van der Waals surface area contributed by atoms with Gasteiger partial charge in [-0.2, -0.15) is 0 Å². The fourth-order valence-corrected chi connectivity index (χ4v) is 3.55. The van der Waals surface area contributed by atoms with E-state index in [1.807, 2.05) is 16.3 Å². The van der Waals surface area contributed by atoms with Gasteiger partial charge in [-0.25, -0.2) is 0 Å². The molecule has 2 aromatic rings. The van der Waals surface area contributed by atoms with Gasteiger partial charge >= 0.3 is 0 Å². The third kappa shape index (κ3) is 4.03. The molecule has 0 aromatic carbocycles. The van der Waals surface area contributed by atoms with Crippen LogP contribution in [-0.2, 0) is 11.2 Å². The molecule has 0 radical (unpaired) electrons. The molecule has 3 heterocycles. The zero-order chi connectivity index (χ0) is 16.9. The van der Waals surface area contributed by atoms with Crippen molar-refractivity contribution < 1.29 is 14.1 Å². The topological polar surface area (TPSA) is 66.7 Å². The molecular weight excluding hydrogens is 326 g/mol. The molecule has 0 unspecified atom stereocenters. The Balaban J connectivity index is 1.52. The van der Waals surface area contributed by atoms with Crippen LogP contribution < -0.4 is 0 Å². The van der Waals surface area contributed by atoms with Crippen molar-refractivity contribution in [1.29, 1.82) is 0 Å². The summed E-state index contributed by atoms with van der Waals surface area (Å²) in [6, 6.07) is 5.71. The highest BCUT2D eigenvalue weighted by Gasteiger charge is 2.24. The van der Waals surface area contributed by atoms with Crippen LogP contribution in [0.25, 0.3) is 0 Å². The standard InChI is InChI=1S/C17H21N3O3S/c1-13-12-15(18-23-13)17(22)20-8-3-7-19(9-10-20)16(21)6-5-14-4-2-11-24-14/h2,4,11-12H,3,5-10H2,1H3. The van der Waals surface area contributed by atoms with Crippen LogP contribution in [0.4, 0.5) is 0 Å². The predicted octanol–water partition coefficient (Wildman–Crippen LogP) is 2.35. The Morgan fingerprint density at radius 2 is 2.04 bits per heavy atom. The summed E-state index contributed by atoms with van der Waals surface area (Å²) in [5.74, 6) is 0.660. The number of carbonyl (C=O) groups excluding carboxylic acids is 2. The lowest BCUT2D eigenvalue weighted by atomic mass is 10.2. The molecule has 1 aliphatic heterocycles. The second-order valence-electron chi connectivity index (χ2n) is 5.93. The van der Waals surface area contributed by atoms with E-state index in [0.717, 1.165) is 12.8 Å². The second-order valence-corrected chi connectivity index (χ2v) is 6.96. The number of hydrogen-bond donors (Lipinski definition) is 0. The van der Waals surface area contributed by atoms with Crippen LogP contribution in [0, 0.1) is 6.92 Å². The van der Waals surface area contributed by atoms with Gasteiger partial charge in [-0.15, -0.1) is 11.3 Å². The third-order valence-corrected chi connectivity index (χ3v) is 5.08. The minimum absolute atomic E-state index is 0.125. The van der Waals surface area contributed by atoms with Gasteiger partial charge in [-0.3, -0.25) is 9.59 Å². The van der Waals surface area contributed by atoms with Gasteiger partial charge < -0.3 is 14.3 Å². The molecule has 128 valence electrons. The Morgan fingerprint density at radius 3 is 2.75 bits per heavy atom. The molecule has 1 fully saturated rings. The molecule has 0 N–H and O–H groups in total. The molecule has 0 spiro atoms. The predicted molar refractivity (Wildman–Crippen MR) is 91.0 cm³/mol. The summed E-state index contributed by atoms with van der Waals surface area (Å²) >= 11 is 1.68. The Labute approximate surface area is 145 Å². The van der Waals surface area contributed by atoms with Crippen LogP contribution in [-0.4, -0.2) is 52.9 Å². The number of aromatic nitrogens is 1. The largest absolute Gasteiger partial charge is 0.361 e. The first-order chi connectivity index (χ1) is 11.6. The summed E-state index contributed by atoms with van der Waals surface area (Å²) in [6.45, 7) is 4.21. The average Bonchev–Trinajstić information content (AvgIpc) is 3.18. The minimum Gasteiger partial charge on any atom is -0.361 e. The van der Waals surface area contributed by atoms with E-state index in [2.05, 4.69) is 11.2 Å². The van der Waals surface area contributed by atoms with Gasteiger partial charge in [0.1, 0.15) is 5.76 Å². The summed E-state index contributed by atoms with van der Waals surface area (Å²) in [7, 11) is 0. The number of amides is 2. The fourth-order valence-electron chi connectivity index (χ4n) is 2.84. The molecule has 7 heteroatoms. The molecular formula is C17H21N3O3S. The fraction of sp³-hybridized carbons (Fsp3) is 0.471. The highest BCUT2D eigenvalue weighted by Crippen LogP contribution is 2.14. The molecule has 1 aliphatic rings. The van der Waals surface area contributed by atoms with Crippen molar-refractivity contribution in [3.8, 4) is 0 Å². The Morgan fingerprint density at radius 1 is 1.25 bits per heavy atom. The van der Waals surface area contributed by atoms with Crippen LogP contribution >= 0.6 is 11.3 Å². The maximum atomic E-state index is 12.4. The Bertz CT molecular complexity index is 696. The lowest BCUT2D eigenvalue weighted by molar-refractivity contribution is -0.131. The van der Waals surface area contributed by atoms with Crippen molar-refractivity contribution in [2.24, 2.45) is 0 Å². The molecule has 1 saturated heterocycles. The first-order valence-corrected chi connectivity index (χ1v) is 9.04. The van der Waals surface area contributed by atoms with Crippen molar-refractivity contribution in [3.05, 3.63) is 39.9 Å². The van der Waals surface area contributed by atoms with Crippen molar-refractivity contribution in [1.82, 2.24) is 15.0 Å². The van der Waals surface area contributed by atoms with Gasteiger partial charge in [0.25, 0.3) is 5.91 Å². The van der Waals surface area contributed by atoms with Gasteiger partial charge in [0.2, 0.25) is 5.91 Å². The van der Waals surface area contributed by atoms with Gasteiger partial charge in [-0.05, 0) is 31.2 Å². The van der Waals surface area contributed by atoms with E-state index in [1.165, 1.54) is 4.88 Å². The summed E-state index contributed by atoms with van der Waals surface area (Å²) in [5, 5.41) is 5.82. The van der Waals surface area contributed by atoms with Gasteiger partial charge in [-0.1, -0.05) is 11.2 Å². The summed E-state index contributed by atoms with van der Waals surface area (Å²) < 4.78 is 4.97. The molecule has 3 rings (SSSR count). The minimum atomic E-state index is -0.125. The molecule has 0 atom stereocenters. The molecule has 0 saturated carbocycles. The van der Waals surface area contributed by atoms with Crippen LogP contribution in [0.15, 0.2) is 28.1 Å². The lowest BCUT2D eigenvalue weighted by Crippen LogP contribution is -2.37. The number of carbonyl (C=O) groups is 2. The van der Waals surface area contributed by atoms with E-state index in [1.54, 1.807) is 29.2 Å². The summed E-state index contributed by atoms with van der Waals surface area (Å²) in [6.07, 6.45) is 2.10. The highest BCUT2D eigenvalue weighted by atomic mass is 32.1. The molecule has 0 bridgehead atoms. The first-order valence-electron chi connectivity index (χ1n) is 8.16. The Kier molecular flexibility index (Phi) is 5.30. The van der Waals surface area contributed by atoms with Crippen LogP contribution in [0.2, 0.25) is 0 Å². The van der Waals surface area contributed by atoms with Crippen molar-refractivity contribution >= 4 is 23.2 Å². The number of nitrogens with zero attached hydrogens (tertiary/aromatic N) is 3. The first kappa shape index (κ1) is 16.7. The quantitative estimate of drug-likeness (QED) is 0.851. The summed E-state index contributed by atoms with van der Waals surface area (Å²) in [5.41, 5.74) is 0.338. The third-order valence-electron chi connectivity index (χ3n) is 4.15. The smallest absolute Gasteiger partial charge is 0.276 e. The normalized spacial score (nSPS) is 15.4. The van der Waals surface area contributed by atoms with E-state index in [9.17, 15) is 9.59 Å². The van der Waals surface area contributed by atoms with E-state index < -0.39 is 0 Å². The maximum Gasteiger partial charge on any atom is 0.276 e. The molecule has 0 aliphatic carbocycles. The molecule has 6 nitrogen and oxygen atoms in total. The number of rotatable bonds is 4. The number of aryl methyl sites for hydroxylation is 2. The Hall–Kier alpha value is -2.15. The maximum absolute atomic E-state index is 12.4. The monoisotopic (exact) mass is 347 g/mol. The SMILES string of the molecule is Cc1cc(C(=O)N2CCCN(C(=O)CCc3cccs3)CC2)no1. The van der Waals surface area contributed by atoms with Gasteiger partial charge in [0.05, 0.1) is 0 Å². The zero-order valence-electron chi connectivity index (χ0n) is 13.7. The second kappa shape index (κ2) is 7.61. The molecule has 2 aromatic heterocycles. The van der Waals surface area contributed by atoms with Crippen molar-refractivity contribution in [2.75, 3.05) is 26.2 Å². The van der Waals surface area contributed by atoms with Crippen LogP contribution in [0.3, 0.4) is 0 Å². The lowest BCUT2D eigenvalue weighted by Gasteiger charge is -2.21. The van der Waals surface area contributed by atoms with Crippen LogP contribution in [0.5, 0.6) is 0 Å². The van der Waals surface area contributed by atoms with Crippen LogP contribution in [0.1, 0.15) is 34.0 Å². The number of thiophene rings is 1. The van der Waals surface area contributed by atoms with E-state index in [-0.39, 0.29) is 11.8 Å². The van der Waals surface area contributed by atoms with Gasteiger partial charge in [0, 0.05) is 43.5 Å². The van der Waals surface area contributed by atoms with Crippen molar-refractivity contribution in [3.63, 3.8) is 0 Å². The average molecular weight is 347 g/mol. The zero-order valence-corrected chi connectivity index (χ0v) is 14.6. The molecule has 24 heavy (non-hydrogen) atoms. The van der Waals surface area contributed by atoms with E-state index >= 15 is 0 Å². The summed E-state index contributed by atoms with van der Waals surface area (Å²) in [4.78, 5) is 29.7.